The van der Waals surface area contributed by atoms with Crippen LogP contribution in [0.1, 0.15) is 37.5 Å². The molecule has 0 aliphatic rings. The van der Waals surface area contributed by atoms with Crippen molar-refractivity contribution >= 4 is 34.0 Å². The smallest absolute Gasteiger partial charge is 0.240 e. The Balaban J connectivity index is 1.68. The zero-order valence-electron chi connectivity index (χ0n) is 13.9. The normalized spacial score (nSPS) is 11.4. The zero-order chi connectivity index (χ0) is 17.1. The lowest BCUT2D eigenvalue weighted by atomic mass is 10.1. The molecule has 0 radical (unpaired) electrons. The van der Waals surface area contributed by atoms with Crippen molar-refractivity contribution in [1.82, 2.24) is 20.3 Å². The van der Waals surface area contributed by atoms with E-state index in [1.807, 2.05) is 11.4 Å². The molecule has 0 unspecified atom stereocenters. The second-order valence-corrected chi connectivity index (χ2v) is 8.00. The van der Waals surface area contributed by atoms with Crippen LogP contribution in [0.15, 0.2) is 34.3 Å². The SMILES string of the molecule is CCCCCCc1ccc(-c2nc3nonc3nc2-c2cccs2)s1. The molecular weight excluding hydrogens is 352 g/mol. The van der Waals surface area contributed by atoms with Crippen LogP contribution in [0.4, 0.5) is 0 Å². The van der Waals surface area contributed by atoms with Gasteiger partial charge < -0.3 is 0 Å². The van der Waals surface area contributed by atoms with Gasteiger partial charge in [-0.05, 0) is 46.7 Å². The van der Waals surface area contributed by atoms with Gasteiger partial charge in [-0.2, -0.15) is 0 Å². The summed E-state index contributed by atoms with van der Waals surface area (Å²) in [6, 6.07) is 8.42. The highest BCUT2D eigenvalue weighted by Crippen LogP contribution is 2.36. The first kappa shape index (κ1) is 16.4. The molecule has 0 saturated heterocycles. The van der Waals surface area contributed by atoms with E-state index in [4.69, 9.17) is 4.63 Å². The summed E-state index contributed by atoms with van der Waals surface area (Å²) in [7, 11) is 0. The van der Waals surface area contributed by atoms with E-state index >= 15 is 0 Å². The fraction of sp³-hybridized carbons (Fsp3) is 0.333. The van der Waals surface area contributed by atoms with E-state index in [-0.39, 0.29) is 0 Å². The molecule has 0 fully saturated rings. The maximum atomic E-state index is 4.79. The second kappa shape index (κ2) is 7.41. The van der Waals surface area contributed by atoms with Gasteiger partial charge in [-0.3, -0.25) is 0 Å². The van der Waals surface area contributed by atoms with Crippen molar-refractivity contribution in [1.29, 1.82) is 0 Å². The van der Waals surface area contributed by atoms with Crippen molar-refractivity contribution in [2.45, 2.75) is 39.0 Å². The maximum Gasteiger partial charge on any atom is 0.244 e. The molecule has 0 N–H and O–H groups in total. The Hall–Kier alpha value is -2.12. The van der Waals surface area contributed by atoms with E-state index in [9.17, 15) is 0 Å². The Morgan fingerprint density at radius 2 is 1.72 bits per heavy atom. The summed E-state index contributed by atoms with van der Waals surface area (Å²) in [5.41, 5.74) is 2.60. The number of aryl methyl sites for hydroxylation is 1. The van der Waals surface area contributed by atoms with Gasteiger partial charge >= 0.3 is 0 Å². The zero-order valence-corrected chi connectivity index (χ0v) is 15.6. The van der Waals surface area contributed by atoms with Gasteiger partial charge in [0.1, 0.15) is 11.4 Å². The predicted molar refractivity (Wildman–Crippen MR) is 102 cm³/mol. The Morgan fingerprint density at radius 3 is 2.44 bits per heavy atom. The fourth-order valence-corrected chi connectivity index (χ4v) is 4.52. The molecule has 7 heteroatoms. The molecule has 0 saturated carbocycles. The fourth-order valence-electron chi connectivity index (χ4n) is 2.76. The van der Waals surface area contributed by atoms with E-state index in [2.05, 4.69) is 45.4 Å². The lowest BCUT2D eigenvalue weighted by molar-refractivity contribution is 0.314. The summed E-state index contributed by atoms with van der Waals surface area (Å²) >= 11 is 3.44. The van der Waals surface area contributed by atoms with E-state index < -0.39 is 0 Å². The van der Waals surface area contributed by atoms with Gasteiger partial charge in [-0.15, -0.1) is 22.7 Å². The van der Waals surface area contributed by atoms with Gasteiger partial charge in [0, 0.05) is 4.88 Å². The summed E-state index contributed by atoms with van der Waals surface area (Å²) in [6.07, 6.45) is 6.23. The van der Waals surface area contributed by atoms with E-state index in [1.54, 1.807) is 22.7 Å². The third-order valence-electron chi connectivity index (χ3n) is 4.04. The third kappa shape index (κ3) is 3.48. The predicted octanol–water partition coefficient (Wildman–Crippen LogP) is 5.59. The minimum Gasteiger partial charge on any atom is -0.240 e. The van der Waals surface area contributed by atoms with E-state index in [0.717, 1.165) is 27.6 Å². The van der Waals surface area contributed by atoms with Gasteiger partial charge in [-0.1, -0.05) is 32.3 Å². The molecule has 4 rings (SSSR count). The summed E-state index contributed by atoms with van der Waals surface area (Å²) in [4.78, 5) is 12.9. The number of fused-ring (bicyclic) bond motifs is 1. The summed E-state index contributed by atoms with van der Waals surface area (Å²) < 4.78 is 4.79. The van der Waals surface area contributed by atoms with Gasteiger partial charge in [0.05, 0.1) is 9.75 Å². The monoisotopic (exact) mass is 370 g/mol. The van der Waals surface area contributed by atoms with Crippen LogP contribution in [-0.2, 0) is 6.42 Å². The van der Waals surface area contributed by atoms with E-state index in [1.165, 1.54) is 30.6 Å². The van der Waals surface area contributed by atoms with Crippen molar-refractivity contribution in [2.24, 2.45) is 0 Å². The molecule has 0 amide bonds. The number of unbranched alkanes of at least 4 members (excludes halogenated alkanes) is 3. The highest BCUT2D eigenvalue weighted by molar-refractivity contribution is 7.15. The molecule has 0 aliphatic carbocycles. The average molecular weight is 371 g/mol. The van der Waals surface area contributed by atoms with Crippen molar-refractivity contribution in [2.75, 3.05) is 0 Å². The first-order valence-electron chi connectivity index (χ1n) is 8.48. The Labute approximate surface area is 153 Å². The van der Waals surface area contributed by atoms with E-state index in [0.29, 0.717) is 11.3 Å². The molecule has 4 aromatic heterocycles. The topological polar surface area (TPSA) is 64.7 Å². The Morgan fingerprint density at radius 1 is 0.920 bits per heavy atom. The Bertz CT molecular complexity index is 959. The Kier molecular flexibility index (Phi) is 4.85. The number of hydrogen-bond acceptors (Lipinski definition) is 7. The molecule has 0 spiro atoms. The van der Waals surface area contributed by atoms with Gasteiger partial charge in [0.15, 0.2) is 0 Å². The largest absolute Gasteiger partial charge is 0.244 e. The lowest BCUT2D eigenvalue weighted by Gasteiger charge is -2.03. The molecular formula is C18H18N4OS2. The molecule has 0 aromatic carbocycles. The van der Waals surface area contributed by atoms with Crippen molar-refractivity contribution in [3.05, 3.63) is 34.5 Å². The maximum absolute atomic E-state index is 4.79. The highest BCUT2D eigenvalue weighted by atomic mass is 32.1. The number of hydrogen-bond donors (Lipinski definition) is 0. The molecule has 25 heavy (non-hydrogen) atoms. The number of rotatable bonds is 7. The van der Waals surface area contributed by atoms with Crippen molar-refractivity contribution in [3.8, 4) is 21.1 Å². The molecule has 4 aromatic rings. The van der Waals surface area contributed by atoms with Gasteiger partial charge in [-0.25, -0.2) is 14.6 Å². The first-order chi connectivity index (χ1) is 12.3. The summed E-state index contributed by atoms with van der Waals surface area (Å²) in [5, 5.41) is 9.73. The standard InChI is InChI=1S/C18H18N4OS2/c1-2-3-4-5-7-12-9-10-14(25-12)16-15(13-8-6-11-24-13)19-17-18(20-16)22-23-21-17/h6,8-11H,2-5,7H2,1H3. The molecule has 5 nitrogen and oxygen atoms in total. The van der Waals surface area contributed by atoms with Gasteiger partial charge in [0.25, 0.3) is 0 Å². The minimum absolute atomic E-state index is 0.448. The molecule has 128 valence electrons. The summed E-state index contributed by atoms with van der Waals surface area (Å²) in [5.74, 6) is 0. The van der Waals surface area contributed by atoms with Crippen LogP contribution in [0.25, 0.3) is 32.4 Å². The highest BCUT2D eigenvalue weighted by Gasteiger charge is 2.18. The molecule has 0 bridgehead atoms. The minimum atomic E-state index is 0.448. The third-order valence-corrected chi connectivity index (χ3v) is 6.07. The quantitative estimate of drug-likeness (QED) is 0.397. The number of thiophene rings is 2. The number of aromatic nitrogens is 4. The van der Waals surface area contributed by atoms with Crippen LogP contribution in [0.5, 0.6) is 0 Å². The van der Waals surface area contributed by atoms with Crippen molar-refractivity contribution in [3.63, 3.8) is 0 Å². The van der Waals surface area contributed by atoms with Crippen molar-refractivity contribution < 1.29 is 4.63 Å². The van der Waals surface area contributed by atoms with Crippen LogP contribution in [0.3, 0.4) is 0 Å². The van der Waals surface area contributed by atoms with Gasteiger partial charge in [0.2, 0.25) is 11.3 Å². The summed E-state index contributed by atoms with van der Waals surface area (Å²) in [6.45, 7) is 2.24. The average Bonchev–Trinajstić information content (AvgIpc) is 3.38. The molecule has 0 aliphatic heterocycles. The van der Waals surface area contributed by atoms with Crippen LogP contribution in [-0.4, -0.2) is 20.3 Å². The second-order valence-electron chi connectivity index (χ2n) is 5.89. The van der Waals surface area contributed by atoms with Crippen LogP contribution >= 0.6 is 22.7 Å². The van der Waals surface area contributed by atoms with Crippen LogP contribution < -0.4 is 0 Å². The lowest BCUT2D eigenvalue weighted by Crippen LogP contribution is -1.92. The number of nitrogens with zero attached hydrogens (tertiary/aromatic N) is 4. The first-order valence-corrected chi connectivity index (χ1v) is 10.2. The van der Waals surface area contributed by atoms with Crippen LogP contribution in [0.2, 0.25) is 0 Å². The molecule has 0 atom stereocenters. The van der Waals surface area contributed by atoms with Crippen LogP contribution in [0, 0.1) is 0 Å². The molecule has 4 heterocycles.